The molecule has 4 rings (SSSR count). The minimum absolute atomic E-state index is 0.0108. The summed E-state index contributed by atoms with van der Waals surface area (Å²) in [5.41, 5.74) is 3.12. The molecule has 1 aliphatic carbocycles. The van der Waals surface area contributed by atoms with E-state index in [-0.39, 0.29) is 22.6 Å². The number of amides is 1. The minimum Gasteiger partial charge on any atom is -0.291 e. The molecule has 2 unspecified atom stereocenters. The maximum atomic E-state index is 12.8. The minimum atomic E-state index is -3.63. The van der Waals surface area contributed by atoms with Crippen molar-refractivity contribution in [1.29, 1.82) is 0 Å². The number of nitrogens with zero attached hydrogens (tertiary/aromatic N) is 3. The van der Waals surface area contributed by atoms with Crippen LogP contribution in [0.5, 0.6) is 0 Å². The molecule has 1 aromatic carbocycles. The Morgan fingerprint density at radius 3 is 2.55 bits per heavy atom. The van der Waals surface area contributed by atoms with Crippen LogP contribution in [0.15, 0.2) is 52.9 Å². The van der Waals surface area contributed by atoms with Gasteiger partial charge < -0.3 is 0 Å². The summed E-state index contributed by atoms with van der Waals surface area (Å²) >= 11 is 1.02. The molecule has 0 spiro atoms. The van der Waals surface area contributed by atoms with E-state index >= 15 is 0 Å². The van der Waals surface area contributed by atoms with Gasteiger partial charge in [0, 0.05) is 24.8 Å². The predicted molar refractivity (Wildman–Crippen MR) is 122 cm³/mol. The Kier molecular flexibility index (Phi) is 5.92. The lowest BCUT2D eigenvalue weighted by molar-refractivity contribution is -0.117. The highest BCUT2D eigenvalue weighted by Gasteiger charge is 2.37. The van der Waals surface area contributed by atoms with Crippen LogP contribution in [0.3, 0.4) is 0 Å². The van der Waals surface area contributed by atoms with Crippen LogP contribution >= 0.6 is 11.3 Å². The third-order valence-electron chi connectivity index (χ3n) is 5.33. The second-order valence-electron chi connectivity index (χ2n) is 7.85. The first-order chi connectivity index (χ1) is 14.7. The van der Waals surface area contributed by atoms with Crippen molar-refractivity contribution >= 4 is 32.4 Å². The van der Waals surface area contributed by atoms with E-state index in [1.54, 1.807) is 20.2 Å². The molecule has 31 heavy (non-hydrogen) atoms. The van der Waals surface area contributed by atoms with Crippen LogP contribution in [0.2, 0.25) is 0 Å². The Hall–Kier alpha value is -2.62. The average Bonchev–Trinajstić information content (AvgIpc) is 3.27. The lowest BCUT2D eigenvalue weighted by Crippen LogP contribution is -2.27. The maximum Gasteiger partial charge on any atom is 0.252 e. The fourth-order valence-corrected chi connectivity index (χ4v) is 6.08. The van der Waals surface area contributed by atoms with Gasteiger partial charge in [-0.05, 0) is 37.0 Å². The zero-order valence-electron chi connectivity index (χ0n) is 17.6. The Labute approximate surface area is 186 Å². The number of hydrogen-bond acceptors (Lipinski definition) is 6. The normalized spacial score (nSPS) is 18.0. The molecule has 2 aromatic heterocycles. The van der Waals surface area contributed by atoms with E-state index in [1.165, 1.54) is 4.90 Å². The fraction of sp³-hybridized carbons (Fsp3) is 0.318. The number of carbonyl (C=O) groups is 1. The van der Waals surface area contributed by atoms with Crippen molar-refractivity contribution in [2.24, 2.45) is 5.92 Å². The van der Waals surface area contributed by atoms with Crippen LogP contribution in [0.25, 0.3) is 11.3 Å². The van der Waals surface area contributed by atoms with Gasteiger partial charge in [0.15, 0.2) is 9.34 Å². The highest BCUT2D eigenvalue weighted by molar-refractivity contribution is 7.91. The van der Waals surface area contributed by atoms with Gasteiger partial charge in [0.2, 0.25) is 5.91 Å². The summed E-state index contributed by atoms with van der Waals surface area (Å²) in [4.78, 5) is 22.9. The van der Waals surface area contributed by atoms with Gasteiger partial charge in [-0.2, -0.15) is 0 Å². The molecule has 2 heterocycles. The number of aromatic nitrogens is 2. The first-order valence-electron chi connectivity index (χ1n) is 10.0. The van der Waals surface area contributed by atoms with Gasteiger partial charge in [0.1, 0.15) is 0 Å². The van der Waals surface area contributed by atoms with E-state index in [0.29, 0.717) is 16.7 Å². The lowest BCUT2D eigenvalue weighted by atomic mass is 10.1. The number of nitrogens with one attached hydrogen (secondary N) is 1. The van der Waals surface area contributed by atoms with E-state index in [1.807, 2.05) is 49.4 Å². The summed E-state index contributed by atoms with van der Waals surface area (Å²) in [5, 5.41) is 0.372. The van der Waals surface area contributed by atoms with Crippen molar-refractivity contribution in [3.63, 3.8) is 0 Å². The monoisotopic (exact) mass is 456 g/mol. The first kappa shape index (κ1) is 21.6. The number of sulfonamides is 1. The SMILES string of the molecule is Cc1nc(N(C)C(=O)Cc2ccc(-c3ccccn3)cc2)sc1S(=O)(=O)NC1CC1C. The van der Waals surface area contributed by atoms with Crippen molar-refractivity contribution in [3.8, 4) is 11.3 Å². The van der Waals surface area contributed by atoms with Gasteiger partial charge in [-0.1, -0.05) is 48.6 Å². The standard InChI is InChI=1S/C22H24N4O3S2/c1-14-12-19(14)25-31(28,29)21-15(2)24-22(30-21)26(3)20(27)13-16-7-9-17(10-8-16)18-6-4-5-11-23-18/h4-11,14,19,25H,12-13H2,1-3H3. The van der Waals surface area contributed by atoms with Gasteiger partial charge >= 0.3 is 0 Å². The van der Waals surface area contributed by atoms with Gasteiger partial charge in [-0.25, -0.2) is 18.1 Å². The van der Waals surface area contributed by atoms with E-state index in [9.17, 15) is 13.2 Å². The Morgan fingerprint density at radius 1 is 1.23 bits per heavy atom. The summed E-state index contributed by atoms with van der Waals surface area (Å²) in [7, 11) is -2.01. The van der Waals surface area contributed by atoms with Crippen LogP contribution in [-0.2, 0) is 21.2 Å². The Morgan fingerprint density at radius 2 is 1.94 bits per heavy atom. The third-order valence-corrected chi connectivity index (χ3v) is 8.67. The molecule has 1 aliphatic rings. The molecule has 3 aromatic rings. The van der Waals surface area contributed by atoms with E-state index in [4.69, 9.17) is 0 Å². The second kappa shape index (κ2) is 8.49. The average molecular weight is 457 g/mol. The van der Waals surface area contributed by atoms with Crippen molar-refractivity contribution < 1.29 is 13.2 Å². The fourth-order valence-electron chi connectivity index (χ4n) is 3.23. The number of carbonyl (C=O) groups excluding carboxylic acids is 1. The van der Waals surface area contributed by atoms with Gasteiger partial charge in [0.25, 0.3) is 10.0 Å². The molecule has 0 saturated heterocycles. The molecule has 1 saturated carbocycles. The van der Waals surface area contributed by atoms with Crippen molar-refractivity contribution in [1.82, 2.24) is 14.7 Å². The maximum absolute atomic E-state index is 12.8. The molecule has 0 radical (unpaired) electrons. The van der Waals surface area contributed by atoms with Gasteiger partial charge in [0.05, 0.1) is 17.8 Å². The lowest BCUT2D eigenvalue weighted by Gasteiger charge is -2.14. The summed E-state index contributed by atoms with van der Waals surface area (Å²) in [6.45, 7) is 3.66. The van der Waals surface area contributed by atoms with E-state index in [0.717, 1.165) is 34.6 Å². The largest absolute Gasteiger partial charge is 0.291 e. The molecule has 0 aliphatic heterocycles. The number of aryl methyl sites for hydroxylation is 1. The highest BCUT2D eigenvalue weighted by Crippen LogP contribution is 2.34. The van der Waals surface area contributed by atoms with E-state index < -0.39 is 10.0 Å². The quantitative estimate of drug-likeness (QED) is 0.588. The van der Waals surface area contributed by atoms with Crippen molar-refractivity contribution in [2.45, 2.75) is 36.9 Å². The van der Waals surface area contributed by atoms with Crippen LogP contribution in [0.1, 0.15) is 24.6 Å². The molecular weight excluding hydrogens is 432 g/mol. The number of thiazole rings is 1. The molecule has 162 valence electrons. The first-order valence-corrected chi connectivity index (χ1v) is 12.3. The van der Waals surface area contributed by atoms with Crippen LogP contribution < -0.4 is 9.62 Å². The number of pyridine rings is 1. The number of anilines is 1. The zero-order chi connectivity index (χ0) is 22.2. The summed E-state index contributed by atoms with van der Waals surface area (Å²) in [6, 6.07) is 13.4. The van der Waals surface area contributed by atoms with Crippen LogP contribution in [0.4, 0.5) is 5.13 Å². The molecule has 0 bridgehead atoms. The number of likely N-dealkylation sites (N-methyl/N-ethyl adjacent to an activating group) is 1. The predicted octanol–water partition coefficient (Wildman–Crippen LogP) is 3.41. The number of hydrogen-bond donors (Lipinski definition) is 1. The summed E-state index contributed by atoms with van der Waals surface area (Å²) in [5.74, 6) is 0.197. The van der Waals surface area contributed by atoms with E-state index in [2.05, 4.69) is 14.7 Å². The highest BCUT2D eigenvalue weighted by atomic mass is 32.2. The van der Waals surface area contributed by atoms with Crippen molar-refractivity contribution in [2.75, 3.05) is 11.9 Å². The molecule has 2 atom stereocenters. The zero-order valence-corrected chi connectivity index (χ0v) is 19.2. The number of rotatable bonds is 7. The molecule has 1 N–H and O–H groups in total. The van der Waals surface area contributed by atoms with Crippen LogP contribution in [-0.4, -0.2) is 37.4 Å². The van der Waals surface area contributed by atoms with Gasteiger partial charge in [-0.3, -0.25) is 14.7 Å². The summed E-state index contributed by atoms with van der Waals surface area (Å²) < 4.78 is 28.2. The molecule has 1 fully saturated rings. The topological polar surface area (TPSA) is 92.3 Å². The smallest absolute Gasteiger partial charge is 0.252 e. The van der Waals surface area contributed by atoms with Gasteiger partial charge in [-0.15, -0.1) is 0 Å². The molecular formula is C22H24N4O3S2. The van der Waals surface area contributed by atoms with Crippen LogP contribution in [0, 0.1) is 12.8 Å². The Bertz CT molecular complexity index is 1190. The summed E-state index contributed by atoms with van der Waals surface area (Å²) in [6.07, 6.45) is 2.78. The molecule has 1 amide bonds. The molecule has 9 heteroatoms. The third kappa shape index (κ3) is 4.84. The second-order valence-corrected chi connectivity index (χ2v) is 10.7. The number of benzene rings is 1. The molecule has 7 nitrogen and oxygen atoms in total. The van der Waals surface area contributed by atoms with Crippen molar-refractivity contribution in [3.05, 3.63) is 59.9 Å². The Balaban J connectivity index is 1.45.